The maximum absolute atomic E-state index is 3.76. The minimum absolute atomic E-state index is 1.14. The van der Waals surface area contributed by atoms with Crippen molar-refractivity contribution in [3.63, 3.8) is 0 Å². The zero-order valence-electron chi connectivity index (χ0n) is 14.2. The van der Waals surface area contributed by atoms with Gasteiger partial charge in [0, 0.05) is 11.4 Å². The lowest BCUT2D eigenvalue weighted by atomic mass is 10.2. The van der Waals surface area contributed by atoms with Gasteiger partial charge in [0.15, 0.2) is 0 Å². The van der Waals surface area contributed by atoms with E-state index >= 15 is 0 Å². The number of hydrogen-bond acceptors (Lipinski definition) is 3. The molecule has 0 amide bonds. The highest BCUT2D eigenvalue weighted by Gasteiger charge is 2.00. The van der Waals surface area contributed by atoms with E-state index in [9.17, 15) is 0 Å². The molecule has 0 atom stereocenters. The quantitative estimate of drug-likeness (QED) is 0.451. The van der Waals surface area contributed by atoms with E-state index in [1.54, 1.807) is 11.9 Å². The van der Waals surface area contributed by atoms with E-state index in [1.807, 2.05) is 19.9 Å². The second-order valence-corrected chi connectivity index (χ2v) is 5.47. The third-order valence-electron chi connectivity index (χ3n) is 3.04. The van der Waals surface area contributed by atoms with Crippen LogP contribution in [-0.2, 0) is 0 Å². The van der Waals surface area contributed by atoms with Gasteiger partial charge >= 0.3 is 0 Å². The number of benzene rings is 1. The second-order valence-electron chi connectivity index (χ2n) is 4.56. The molecule has 0 fully saturated rings. The van der Waals surface area contributed by atoms with Gasteiger partial charge in [-0.1, -0.05) is 64.4 Å². The normalized spacial score (nSPS) is 9.95. The van der Waals surface area contributed by atoms with Gasteiger partial charge in [0.1, 0.15) is 0 Å². The van der Waals surface area contributed by atoms with Crippen molar-refractivity contribution in [1.82, 2.24) is 4.90 Å². The Morgan fingerprint density at radius 3 is 2.33 bits per heavy atom. The van der Waals surface area contributed by atoms with E-state index in [-0.39, 0.29) is 0 Å². The number of rotatable bonds is 10. The summed E-state index contributed by atoms with van der Waals surface area (Å²) in [5.74, 6) is 1.14. The van der Waals surface area contributed by atoms with Gasteiger partial charge in [-0.3, -0.25) is 0 Å². The molecule has 0 aromatic heterocycles. The Balaban J connectivity index is 0.00000191. The van der Waals surface area contributed by atoms with Gasteiger partial charge in [0.25, 0.3) is 0 Å². The molecule has 0 aliphatic carbocycles. The van der Waals surface area contributed by atoms with Gasteiger partial charge in [-0.25, -0.2) is 0 Å². The van der Waals surface area contributed by atoms with Crippen LogP contribution in [-0.4, -0.2) is 30.3 Å². The smallest absolute Gasteiger partial charge is 0.0440 e. The first kappa shape index (κ1) is 20.1. The van der Waals surface area contributed by atoms with Crippen LogP contribution in [0.3, 0.4) is 0 Å². The molecule has 0 radical (unpaired) electrons. The van der Waals surface area contributed by atoms with Gasteiger partial charge in [0.2, 0.25) is 0 Å². The summed E-state index contributed by atoms with van der Waals surface area (Å²) in [6, 6.07) is 8.35. The Kier molecular flexibility index (Phi) is 13.4. The topological polar surface area (TPSA) is 15.3 Å². The largest absolute Gasteiger partial charge is 0.330 e. The molecule has 120 valence electrons. The number of anilines is 1. The average molecular weight is 309 g/mol. The van der Waals surface area contributed by atoms with E-state index in [1.165, 1.54) is 25.9 Å². The second kappa shape index (κ2) is 14.0. The van der Waals surface area contributed by atoms with Crippen molar-refractivity contribution in [1.29, 1.82) is 0 Å². The molecule has 0 saturated heterocycles. The van der Waals surface area contributed by atoms with E-state index in [4.69, 9.17) is 0 Å². The third-order valence-corrected chi connectivity index (χ3v) is 3.92. The lowest BCUT2D eigenvalue weighted by Crippen LogP contribution is -2.25. The van der Waals surface area contributed by atoms with Crippen LogP contribution in [0.1, 0.15) is 46.1 Å². The lowest BCUT2D eigenvalue weighted by molar-refractivity contribution is 0.290. The summed E-state index contributed by atoms with van der Waals surface area (Å²) in [5, 5.41) is 0. The van der Waals surface area contributed by atoms with E-state index in [0.29, 0.717) is 0 Å². The lowest BCUT2D eigenvalue weighted by Gasteiger charge is -2.19. The molecule has 2 nitrogen and oxygen atoms in total. The molecule has 1 N–H and O–H groups in total. The van der Waals surface area contributed by atoms with Crippen molar-refractivity contribution in [2.24, 2.45) is 0 Å². The van der Waals surface area contributed by atoms with Gasteiger partial charge in [0.05, 0.1) is 0 Å². The molecule has 0 heterocycles. The third kappa shape index (κ3) is 9.59. The fourth-order valence-electron chi connectivity index (χ4n) is 1.93. The van der Waals surface area contributed by atoms with E-state index < -0.39 is 0 Å². The maximum atomic E-state index is 3.76. The van der Waals surface area contributed by atoms with Crippen LogP contribution in [0, 0.1) is 0 Å². The summed E-state index contributed by atoms with van der Waals surface area (Å²) in [6.07, 6.45) is 4.34. The summed E-state index contributed by atoms with van der Waals surface area (Å²) in [5.41, 5.74) is 2.32. The summed E-state index contributed by atoms with van der Waals surface area (Å²) >= 11 is 1.79. The summed E-state index contributed by atoms with van der Waals surface area (Å²) < 4.78 is 3.38. The molecule has 0 unspecified atom stereocenters. The Morgan fingerprint density at radius 1 is 1.14 bits per heavy atom. The van der Waals surface area contributed by atoms with Crippen molar-refractivity contribution < 1.29 is 0 Å². The predicted molar refractivity (Wildman–Crippen MR) is 101 cm³/mol. The Bertz CT molecular complexity index is 349. The van der Waals surface area contributed by atoms with Crippen LogP contribution in [0.25, 0.3) is 6.08 Å². The molecule has 0 spiro atoms. The molecule has 0 aliphatic heterocycles. The Hall–Kier alpha value is -0.930. The molecule has 0 saturated carbocycles. The first-order chi connectivity index (χ1) is 10.3. The standard InChI is InChI=1S/C16H26N2S.C2H6/c1-4-12-18(6-3)13-7-14-19-17-16-10-8-15(5-2)9-11-16;1-2/h5,8-11,17H,2,4,6-7,12-14H2,1,3H3;1-2H3. The maximum Gasteiger partial charge on any atom is 0.0440 e. The van der Waals surface area contributed by atoms with Crippen molar-refractivity contribution >= 4 is 23.7 Å². The SMILES string of the molecule is C=Cc1ccc(NSCCCN(CC)CCC)cc1.CC. The van der Waals surface area contributed by atoms with E-state index in [2.05, 4.69) is 54.3 Å². The highest BCUT2D eigenvalue weighted by Crippen LogP contribution is 2.15. The van der Waals surface area contributed by atoms with Gasteiger partial charge in [-0.05, 0) is 50.2 Å². The van der Waals surface area contributed by atoms with Crippen LogP contribution in [0.2, 0.25) is 0 Å². The fraction of sp³-hybridized carbons (Fsp3) is 0.556. The first-order valence-corrected chi connectivity index (χ1v) is 9.11. The van der Waals surface area contributed by atoms with Crippen LogP contribution in [0.15, 0.2) is 30.8 Å². The Labute approximate surface area is 136 Å². The molecule has 0 aliphatic rings. The monoisotopic (exact) mass is 308 g/mol. The minimum atomic E-state index is 1.14. The molecular formula is C18H32N2S. The summed E-state index contributed by atoms with van der Waals surface area (Å²) in [4.78, 5) is 2.51. The Morgan fingerprint density at radius 2 is 1.81 bits per heavy atom. The van der Waals surface area contributed by atoms with Crippen molar-refractivity contribution in [3.05, 3.63) is 36.4 Å². The molecule has 21 heavy (non-hydrogen) atoms. The molecule has 0 bridgehead atoms. The van der Waals surface area contributed by atoms with Crippen LogP contribution < -0.4 is 4.72 Å². The van der Waals surface area contributed by atoms with Crippen LogP contribution >= 0.6 is 11.9 Å². The predicted octanol–water partition coefficient (Wildman–Crippen LogP) is 5.54. The summed E-state index contributed by atoms with van der Waals surface area (Å²) in [6.45, 7) is 15.8. The molecule has 1 aromatic carbocycles. The van der Waals surface area contributed by atoms with Crippen molar-refractivity contribution in [2.75, 3.05) is 30.1 Å². The van der Waals surface area contributed by atoms with Crippen LogP contribution in [0.5, 0.6) is 0 Å². The van der Waals surface area contributed by atoms with Crippen molar-refractivity contribution in [2.45, 2.75) is 40.5 Å². The van der Waals surface area contributed by atoms with Gasteiger partial charge in [-0.2, -0.15) is 0 Å². The number of hydrogen-bond donors (Lipinski definition) is 1. The molecule has 1 aromatic rings. The van der Waals surface area contributed by atoms with Crippen molar-refractivity contribution in [3.8, 4) is 0 Å². The highest BCUT2D eigenvalue weighted by molar-refractivity contribution is 8.00. The first-order valence-electron chi connectivity index (χ1n) is 8.12. The number of nitrogens with zero attached hydrogens (tertiary/aromatic N) is 1. The highest BCUT2D eigenvalue weighted by atomic mass is 32.2. The van der Waals surface area contributed by atoms with Crippen LogP contribution in [0.4, 0.5) is 5.69 Å². The zero-order valence-corrected chi connectivity index (χ0v) is 15.0. The minimum Gasteiger partial charge on any atom is -0.330 e. The fourth-order valence-corrected chi connectivity index (χ4v) is 2.60. The number of nitrogens with one attached hydrogen (secondary N) is 1. The average Bonchev–Trinajstić information content (AvgIpc) is 2.56. The molecule has 3 heteroatoms. The van der Waals surface area contributed by atoms with Gasteiger partial charge < -0.3 is 9.62 Å². The molecule has 1 rings (SSSR count). The molecular weight excluding hydrogens is 276 g/mol. The van der Waals surface area contributed by atoms with E-state index in [0.717, 1.165) is 23.5 Å². The zero-order chi connectivity index (χ0) is 15.9. The van der Waals surface area contributed by atoms with Gasteiger partial charge in [-0.15, -0.1) is 0 Å². The summed E-state index contributed by atoms with van der Waals surface area (Å²) in [7, 11) is 0.